The van der Waals surface area contributed by atoms with E-state index < -0.39 is 10.9 Å². The highest BCUT2D eigenvalue weighted by molar-refractivity contribution is 7.99. The molecule has 0 aliphatic heterocycles. The van der Waals surface area contributed by atoms with Crippen LogP contribution in [-0.2, 0) is 10.9 Å². The molecule has 0 heterocycles. The van der Waals surface area contributed by atoms with Crippen molar-refractivity contribution in [1.82, 2.24) is 0 Å². The zero-order valence-electron chi connectivity index (χ0n) is 19.4. The van der Waals surface area contributed by atoms with Crippen LogP contribution in [0.15, 0.2) is 146 Å². The summed E-state index contributed by atoms with van der Waals surface area (Å²) in [5, 5.41) is 0.480. The van der Waals surface area contributed by atoms with Crippen LogP contribution in [0.5, 0.6) is 0 Å². The predicted molar refractivity (Wildman–Crippen MR) is 147 cm³/mol. The van der Waals surface area contributed by atoms with Gasteiger partial charge >= 0.3 is 0 Å². The Kier molecular flexibility index (Phi) is 7.75. The molecule has 5 rings (SSSR count). The van der Waals surface area contributed by atoms with Gasteiger partial charge in [-0.15, -0.1) is 0 Å². The Morgan fingerprint density at radius 3 is 1.78 bits per heavy atom. The highest BCUT2D eigenvalue weighted by Crippen LogP contribution is 2.38. The highest BCUT2D eigenvalue weighted by Gasteiger charge is 2.34. The molecule has 5 aromatic carbocycles. The summed E-state index contributed by atoms with van der Waals surface area (Å²) in [5.41, 5.74) is 1.13. The van der Waals surface area contributed by atoms with Crippen molar-refractivity contribution in [2.75, 3.05) is 0 Å². The Hall–Kier alpha value is -3.38. The third kappa shape index (κ3) is 5.64. The van der Waals surface area contributed by atoms with Gasteiger partial charge in [0.25, 0.3) is 0 Å². The molecule has 0 atom stereocenters. The zero-order chi connectivity index (χ0) is 25.8. The first kappa shape index (κ1) is 25.3. The maximum atomic E-state index is 14.8. The summed E-state index contributed by atoms with van der Waals surface area (Å²) in [7, 11) is -0.946. The van der Waals surface area contributed by atoms with Crippen molar-refractivity contribution in [2.24, 2.45) is 0 Å². The molecule has 0 unspecified atom stereocenters. The standard InChI is InChI=1S/C31H20ClF2OS2/c32-25-20-22(31(35)21-8-2-1-3-9-21)14-19-28(25)36-23-15-17-24(18-16-23)37(29-12-6-4-10-26(29)33)30-13-7-5-11-27(30)34/h1-20H/q+1. The van der Waals surface area contributed by atoms with Gasteiger partial charge in [-0.05, 0) is 66.7 Å². The molecule has 0 bridgehead atoms. The fraction of sp³-hybridized carbons (Fsp3) is 0. The molecule has 6 heteroatoms. The Bertz CT molecular complexity index is 1510. The summed E-state index contributed by atoms with van der Waals surface area (Å²) in [6.07, 6.45) is 0. The van der Waals surface area contributed by atoms with E-state index in [0.717, 1.165) is 14.7 Å². The monoisotopic (exact) mass is 545 g/mol. The first-order valence-electron chi connectivity index (χ1n) is 11.4. The Labute approximate surface area is 226 Å². The van der Waals surface area contributed by atoms with E-state index >= 15 is 0 Å². The maximum absolute atomic E-state index is 14.8. The topological polar surface area (TPSA) is 17.1 Å². The average Bonchev–Trinajstić information content (AvgIpc) is 2.93. The Morgan fingerprint density at radius 2 is 1.22 bits per heavy atom. The minimum absolute atomic E-state index is 0.0864. The predicted octanol–water partition coefficient (Wildman–Crippen LogP) is 9.10. The molecular weight excluding hydrogens is 526 g/mol. The van der Waals surface area contributed by atoms with Gasteiger partial charge in [-0.3, -0.25) is 4.79 Å². The Balaban J connectivity index is 1.41. The lowest BCUT2D eigenvalue weighted by molar-refractivity contribution is 0.103. The van der Waals surface area contributed by atoms with Crippen LogP contribution in [0.3, 0.4) is 0 Å². The molecular formula is C31H20ClF2OS2+. The molecule has 37 heavy (non-hydrogen) atoms. The van der Waals surface area contributed by atoms with Crippen molar-refractivity contribution in [2.45, 2.75) is 24.5 Å². The summed E-state index contributed by atoms with van der Waals surface area (Å²) < 4.78 is 29.6. The van der Waals surface area contributed by atoms with Gasteiger partial charge in [0, 0.05) is 20.9 Å². The summed E-state index contributed by atoms with van der Waals surface area (Å²) in [5.74, 6) is -0.828. The molecule has 1 nitrogen and oxygen atoms in total. The third-order valence-electron chi connectivity index (χ3n) is 5.63. The van der Waals surface area contributed by atoms with Crippen LogP contribution in [0.1, 0.15) is 15.9 Å². The van der Waals surface area contributed by atoms with E-state index in [0.29, 0.717) is 25.9 Å². The van der Waals surface area contributed by atoms with Crippen LogP contribution in [-0.4, -0.2) is 5.78 Å². The second-order valence-corrected chi connectivity index (χ2v) is 11.6. The van der Waals surface area contributed by atoms with E-state index in [1.165, 1.54) is 23.9 Å². The van der Waals surface area contributed by atoms with Crippen LogP contribution >= 0.6 is 23.4 Å². The van der Waals surface area contributed by atoms with Crippen LogP contribution in [0.2, 0.25) is 5.02 Å². The number of carbonyl (C=O) groups is 1. The maximum Gasteiger partial charge on any atom is 0.202 e. The molecule has 0 fully saturated rings. The van der Waals surface area contributed by atoms with Gasteiger partial charge in [0.05, 0.1) is 5.02 Å². The molecule has 5 aromatic rings. The molecule has 182 valence electrons. The van der Waals surface area contributed by atoms with Crippen LogP contribution < -0.4 is 0 Å². The minimum Gasteiger partial charge on any atom is -0.289 e. The fourth-order valence-electron chi connectivity index (χ4n) is 3.84. The van der Waals surface area contributed by atoms with E-state index in [1.54, 1.807) is 60.7 Å². The van der Waals surface area contributed by atoms with E-state index in [2.05, 4.69) is 0 Å². The number of rotatable bonds is 7. The van der Waals surface area contributed by atoms with Gasteiger partial charge < -0.3 is 0 Å². The lowest BCUT2D eigenvalue weighted by Crippen LogP contribution is -2.09. The lowest BCUT2D eigenvalue weighted by Gasteiger charge is -2.10. The summed E-state index contributed by atoms with van der Waals surface area (Å²) in [6, 6.07) is 35.0. The van der Waals surface area contributed by atoms with Crippen molar-refractivity contribution in [3.63, 3.8) is 0 Å². The number of benzene rings is 5. The van der Waals surface area contributed by atoms with Crippen molar-refractivity contribution in [3.05, 3.63) is 149 Å². The first-order chi connectivity index (χ1) is 18.0. The second kappa shape index (κ2) is 11.3. The van der Waals surface area contributed by atoms with Crippen molar-refractivity contribution < 1.29 is 13.6 Å². The smallest absolute Gasteiger partial charge is 0.202 e. The normalized spacial score (nSPS) is 11.0. The van der Waals surface area contributed by atoms with Gasteiger partial charge in [0.2, 0.25) is 9.79 Å². The number of hydrogen-bond donors (Lipinski definition) is 0. The largest absolute Gasteiger partial charge is 0.289 e. The van der Waals surface area contributed by atoms with Gasteiger partial charge in [0.15, 0.2) is 22.3 Å². The van der Waals surface area contributed by atoms with Crippen molar-refractivity contribution in [1.29, 1.82) is 0 Å². The molecule has 0 aliphatic rings. The molecule has 0 radical (unpaired) electrons. The molecule has 0 N–H and O–H groups in total. The van der Waals surface area contributed by atoms with Gasteiger partial charge in [0.1, 0.15) is 10.9 Å². The van der Waals surface area contributed by atoms with Crippen molar-refractivity contribution in [3.8, 4) is 0 Å². The third-order valence-corrected chi connectivity index (χ3v) is 9.42. The molecule has 0 aliphatic carbocycles. The number of halogens is 3. The molecule has 0 amide bonds. The van der Waals surface area contributed by atoms with E-state index in [1.807, 2.05) is 48.5 Å². The first-order valence-corrected chi connectivity index (χ1v) is 13.8. The molecule has 0 spiro atoms. The van der Waals surface area contributed by atoms with E-state index in [-0.39, 0.29) is 17.4 Å². The number of carbonyl (C=O) groups excluding carboxylic acids is 1. The molecule has 0 aromatic heterocycles. The average molecular weight is 546 g/mol. The SMILES string of the molecule is O=C(c1ccccc1)c1ccc(Sc2ccc([S+](c3ccccc3F)c3ccccc3F)cc2)c(Cl)c1. The summed E-state index contributed by atoms with van der Waals surface area (Å²) >= 11 is 7.99. The molecule has 0 saturated carbocycles. The zero-order valence-corrected chi connectivity index (χ0v) is 21.8. The molecule has 0 saturated heterocycles. The van der Waals surface area contributed by atoms with Crippen LogP contribution in [0.25, 0.3) is 0 Å². The number of hydrogen-bond acceptors (Lipinski definition) is 2. The number of ketones is 1. The summed E-state index contributed by atoms with van der Waals surface area (Å²) in [4.78, 5) is 16.1. The highest BCUT2D eigenvalue weighted by atomic mass is 35.5. The van der Waals surface area contributed by atoms with Crippen LogP contribution in [0.4, 0.5) is 8.78 Å². The lowest BCUT2D eigenvalue weighted by atomic mass is 10.0. The van der Waals surface area contributed by atoms with Crippen molar-refractivity contribution >= 4 is 40.0 Å². The van der Waals surface area contributed by atoms with Crippen LogP contribution in [0, 0.1) is 11.6 Å². The minimum atomic E-state index is -0.946. The fourth-order valence-corrected chi connectivity index (χ4v) is 7.07. The second-order valence-electron chi connectivity index (χ2n) is 8.08. The van der Waals surface area contributed by atoms with E-state index in [9.17, 15) is 13.6 Å². The quantitative estimate of drug-likeness (QED) is 0.150. The summed E-state index contributed by atoms with van der Waals surface area (Å²) in [6.45, 7) is 0. The van der Waals surface area contributed by atoms with Gasteiger partial charge in [-0.2, -0.15) is 0 Å². The Morgan fingerprint density at radius 1 is 0.649 bits per heavy atom. The van der Waals surface area contributed by atoms with Gasteiger partial charge in [-0.1, -0.05) is 78.0 Å². The van der Waals surface area contributed by atoms with E-state index in [4.69, 9.17) is 11.6 Å². The van der Waals surface area contributed by atoms with Gasteiger partial charge in [-0.25, -0.2) is 8.78 Å².